The van der Waals surface area contributed by atoms with Crippen molar-refractivity contribution in [3.63, 3.8) is 0 Å². The number of nitriles is 1. The molecule has 0 aliphatic carbocycles. The molecule has 0 spiro atoms. The van der Waals surface area contributed by atoms with Gasteiger partial charge in [-0.1, -0.05) is 88.3 Å². The number of halogens is 2. The second kappa shape index (κ2) is 13.4. The van der Waals surface area contributed by atoms with Crippen molar-refractivity contribution in [3.8, 4) is 22.9 Å². The summed E-state index contributed by atoms with van der Waals surface area (Å²) in [6.45, 7) is 2.24. The summed E-state index contributed by atoms with van der Waals surface area (Å²) in [7, 11) is 0. The van der Waals surface area contributed by atoms with Crippen LogP contribution in [0, 0.1) is 23.0 Å². The highest BCUT2D eigenvalue weighted by Gasteiger charge is 2.15. The fourth-order valence-electron chi connectivity index (χ4n) is 4.01. The predicted octanol–water partition coefficient (Wildman–Crippen LogP) is 8.41. The molecule has 0 aliphatic heterocycles. The largest absolute Gasteiger partial charge is 0.423 e. The van der Waals surface area contributed by atoms with E-state index in [1.807, 2.05) is 12.1 Å². The van der Waals surface area contributed by atoms with Gasteiger partial charge in [-0.15, -0.1) is 0 Å². The van der Waals surface area contributed by atoms with E-state index in [1.54, 1.807) is 12.1 Å². The van der Waals surface area contributed by atoms with Gasteiger partial charge in [-0.3, -0.25) is 0 Å². The molecule has 0 unspecified atom stereocenters. The molecule has 3 rings (SSSR count). The molecule has 0 heterocycles. The number of carbonyl (C=O) groups excluding carboxylic acids is 1. The summed E-state index contributed by atoms with van der Waals surface area (Å²) in [4.78, 5) is 12.4. The quantitative estimate of drug-likeness (QED) is 0.150. The van der Waals surface area contributed by atoms with E-state index in [-0.39, 0.29) is 11.3 Å². The summed E-state index contributed by atoms with van der Waals surface area (Å²) in [6, 6.07) is 18.4. The molecule has 0 atom stereocenters. The second-order valence-corrected chi connectivity index (χ2v) is 8.76. The van der Waals surface area contributed by atoms with Gasteiger partial charge in [0.15, 0.2) is 0 Å². The molecule has 0 bridgehead atoms. The Bertz CT molecular complexity index is 1130. The van der Waals surface area contributed by atoms with E-state index in [9.17, 15) is 13.6 Å². The zero-order chi connectivity index (χ0) is 25.0. The highest BCUT2D eigenvalue weighted by atomic mass is 19.1. The number of esters is 1. The van der Waals surface area contributed by atoms with Crippen LogP contribution in [0.5, 0.6) is 5.75 Å². The third-order valence-corrected chi connectivity index (χ3v) is 6.06. The van der Waals surface area contributed by atoms with Crippen molar-refractivity contribution in [1.29, 1.82) is 5.26 Å². The van der Waals surface area contributed by atoms with Crippen LogP contribution in [-0.4, -0.2) is 5.97 Å². The van der Waals surface area contributed by atoms with Crippen LogP contribution in [0.15, 0.2) is 60.7 Å². The van der Waals surface area contributed by atoms with Crippen LogP contribution < -0.4 is 4.74 Å². The first-order valence-corrected chi connectivity index (χ1v) is 12.3. The molecular weight excluding hydrogens is 444 g/mol. The SMILES string of the molecule is CCCCCCCCCCc1ccc(-c2ccc(C(=O)Oc3cc(F)c(C#N)c(F)c3)cc2)cc1. The Balaban J connectivity index is 1.50. The Morgan fingerprint density at radius 2 is 1.31 bits per heavy atom. The number of aryl methyl sites for hydroxylation is 1. The van der Waals surface area contributed by atoms with Crippen LogP contribution in [0.4, 0.5) is 8.78 Å². The first-order chi connectivity index (χ1) is 17.0. The van der Waals surface area contributed by atoms with Crippen LogP contribution in [0.2, 0.25) is 0 Å². The molecule has 5 heteroatoms. The van der Waals surface area contributed by atoms with Crippen LogP contribution in [-0.2, 0) is 6.42 Å². The zero-order valence-corrected chi connectivity index (χ0v) is 20.2. The number of ether oxygens (including phenoxy) is 1. The van der Waals surface area contributed by atoms with Crippen molar-refractivity contribution in [2.45, 2.75) is 64.7 Å². The van der Waals surface area contributed by atoms with Crippen molar-refractivity contribution in [3.05, 3.63) is 89.0 Å². The van der Waals surface area contributed by atoms with Gasteiger partial charge in [-0.25, -0.2) is 13.6 Å². The minimum absolute atomic E-state index is 0.255. The molecule has 35 heavy (non-hydrogen) atoms. The lowest BCUT2D eigenvalue weighted by Crippen LogP contribution is -2.09. The van der Waals surface area contributed by atoms with E-state index in [0.29, 0.717) is 0 Å². The summed E-state index contributed by atoms with van der Waals surface area (Å²) in [5.41, 5.74) is 2.86. The van der Waals surface area contributed by atoms with Gasteiger partial charge >= 0.3 is 5.97 Å². The summed E-state index contributed by atoms with van der Waals surface area (Å²) >= 11 is 0. The molecule has 0 aromatic heterocycles. The molecular formula is C30H31F2NO2. The average molecular weight is 476 g/mol. The Labute approximate surface area is 206 Å². The summed E-state index contributed by atoms with van der Waals surface area (Å²) < 4.78 is 32.5. The van der Waals surface area contributed by atoms with E-state index in [4.69, 9.17) is 10.00 Å². The van der Waals surface area contributed by atoms with Gasteiger partial charge in [0.05, 0.1) is 5.56 Å². The molecule has 3 aromatic carbocycles. The van der Waals surface area contributed by atoms with Crippen molar-refractivity contribution < 1.29 is 18.3 Å². The van der Waals surface area contributed by atoms with Gasteiger partial charge in [-0.2, -0.15) is 5.26 Å². The number of nitrogens with zero attached hydrogens (tertiary/aromatic N) is 1. The van der Waals surface area contributed by atoms with Crippen molar-refractivity contribution in [2.24, 2.45) is 0 Å². The third kappa shape index (κ3) is 7.75. The van der Waals surface area contributed by atoms with E-state index < -0.39 is 23.2 Å². The Morgan fingerprint density at radius 3 is 1.86 bits per heavy atom. The maximum Gasteiger partial charge on any atom is 0.343 e. The van der Waals surface area contributed by atoms with E-state index in [1.165, 1.54) is 63.0 Å². The maximum absolute atomic E-state index is 13.7. The summed E-state index contributed by atoms with van der Waals surface area (Å²) in [5.74, 6) is -3.17. The number of rotatable bonds is 12. The highest BCUT2D eigenvalue weighted by molar-refractivity contribution is 5.91. The fraction of sp³-hybridized carbons (Fsp3) is 0.333. The zero-order valence-electron chi connectivity index (χ0n) is 20.2. The van der Waals surface area contributed by atoms with E-state index in [2.05, 4.69) is 31.2 Å². The third-order valence-electron chi connectivity index (χ3n) is 6.06. The van der Waals surface area contributed by atoms with Gasteiger partial charge in [-0.05, 0) is 41.7 Å². The van der Waals surface area contributed by atoms with Crippen molar-refractivity contribution in [1.82, 2.24) is 0 Å². The number of benzene rings is 3. The lowest BCUT2D eigenvalue weighted by molar-refractivity contribution is 0.0734. The number of unbranched alkanes of at least 4 members (excludes halogenated alkanes) is 7. The van der Waals surface area contributed by atoms with Crippen molar-refractivity contribution >= 4 is 5.97 Å². The van der Waals surface area contributed by atoms with Gasteiger partial charge in [0.25, 0.3) is 0 Å². The van der Waals surface area contributed by atoms with Crippen LogP contribution in [0.25, 0.3) is 11.1 Å². The van der Waals surface area contributed by atoms with Gasteiger partial charge in [0.1, 0.15) is 29.0 Å². The Morgan fingerprint density at radius 1 is 0.800 bits per heavy atom. The number of hydrogen-bond acceptors (Lipinski definition) is 3. The minimum atomic E-state index is -1.07. The van der Waals surface area contributed by atoms with E-state index >= 15 is 0 Å². The topological polar surface area (TPSA) is 50.1 Å². The molecule has 3 nitrogen and oxygen atoms in total. The summed E-state index contributed by atoms with van der Waals surface area (Å²) in [6.07, 6.45) is 11.6. The molecule has 0 N–H and O–H groups in total. The Kier molecular flexibility index (Phi) is 9.98. The lowest BCUT2D eigenvalue weighted by atomic mass is 10.00. The number of hydrogen-bond donors (Lipinski definition) is 0. The standard InChI is InChI=1S/C30H31F2NO2/c1-2-3-4-5-6-7-8-9-10-22-11-13-23(14-12-22)24-15-17-25(18-16-24)30(34)35-26-19-28(31)27(21-33)29(32)20-26/h11-20H,2-10H2,1H3. The first kappa shape index (κ1) is 26.1. The summed E-state index contributed by atoms with van der Waals surface area (Å²) in [5, 5.41) is 8.74. The average Bonchev–Trinajstić information content (AvgIpc) is 2.86. The fourth-order valence-corrected chi connectivity index (χ4v) is 4.01. The molecule has 0 fully saturated rings. The maximum atomic E-state index is 13.7. The lowest BCUT2D eigenvalue weighted by Gasteiger charge is -2.08. The predicted molar refractivity (Wildman–Crippen MR) is 134 cm³/mol. The van der Waals surface area contributed by atoms with Gasteiger partial charge < -0.3 is 4.74 Å². The molecule has 0 saturated carbocycles. The highest BCUT2D eigenvalue weighted by Crippen LogP contribution is 2.24. The Hall–Kier alpha value is -3.52. The van der Waals surface area contributed by atoms with E-state index in [0.717, 1.165) is 29.7 Å². The molecule has 182 valence electrons. The minimum Gasteiger partial charge on any atom is -0.423 e. The normalized spacial score (nSPS) is 10.7. The molecule has 0 aliphatic rings. The second-order valence-electron chi connectivity index (χ2n) is 8.76. The monoisotopic (exact) mass is 475 g/mol. The molecule has 0 amide bonds. The molecule has 0 saturated heterocycles. The smallest absolute Gasteiger partial charge is 0.343 e. The van der Waals surface area contributed by atoms with Crippen LogP contribution >= 0.6 is 0 Å². The van der Waals surface area contributed by atoms with Crippen LogP contribution in [0.1, 0.15) is 79.8 Å². The van der Waals surface area contributed by atoms with Gasteiger partial charge in [0.2, 0.25) is 0 Å². The van der Waals surface area contributed by atoms with Crippen molar-refractivity contribution in [2.75, 3.05) is 0 Å². The van der Waals surface area contributed by atoms with Gasteiger partial charge in [0, 0.05) is 12.1 Å². The molecule has 3 aromatic rings. The first-order valence-electron chi connectivity index (χ1n) is 12.3. The van der Waals surface area contributed by atoms with Crippen LogP contribution in [0.3, 0.4) is 0 Å². The molecule has 0 radical (unpaired) electrons. The number of carbonyl (C=O) groups is 1.